The summed E-state index contributed by atoms with van der Waals surface area (Å²) >= 11 is 0. The van der Waals surface area contributed by atoms with Crippen LogP contribution in [-0.2, 0) is 22.3 Å². The lowest BCUT2D eigenvalue weighted by Gasteiger charge is -1.96. The Balaban J connectivity index is 1.68. The molecular formula is C16H15FN2O3S. The molecule has 0 amide bonds. The van der Waals surface area contributed by atoms with Crippen molar-refractivity contribution in [2.24, 2.45) is 0 Å². The number of benzene rings is 1. The molecule has 3 aromatic rings. The zero-order valence-electron chi connectivity index (χ0n) is 12.7. The summed E-state index contributed by atoms with van der Waals surface area (Å²) < 4.78 is 36.1. The van der Waals surface area contributed by atoms with E-state index in [0.29, 0.717) is 23.0 Å². The molecular weight excluding hydrogens is 319 g/mol. The lowest BCUT2D eigenvalue weighted by molar-refractivity contribution is 0.487. The second kappa shape index (κ2) is 6.45. The first-order valence-corrected chi connectivity index (χ1v) is 8.48. The predicted molar refractivity (Wildman–Crippen MR) is 83.4 cm³/mol. The third kappa shape index (κ3) is 3.73. The quantitative estimate of drug-likeness (QED) is 0.714. The van der Waals surface area contributed by atoms with Crippen molar-refractivity contribution in [3.8, 4) is 11.5 Å². The number of rotatable bonds is 5. The molecule has 23 heavy (non-hydrogen) atoms. The molecule has 1 atom stereocenters. The molecule has 0 aliphatic carbocycles. The van der Waals surface area contributed by atoms with Crippen LogP contribution in [0.2, 0.25) is 0 Å². The van der Waals surface area contributed by atoms with Gasteiger partial charge in [-0.1, -0.05) is 6.07 Å². The standard InChI is InChI=1S/C16H15FN2O3S/c1-10-11(2)22-15(18-10)9-23(20)8-14-7-21-16(19-14)12-4-3-5-13(17)6-12/h3-7H,8-9H2,1-2H3/t23-/m0/s1. The van der Waals surface area contributed by atoms with Crippen molar-refractivity contribution in [1.82, 2.24) is 9.97 Å². The van der Waals surface area contributed by atoms with Crippen molar-refractivity contribution in [1.29, 1.82) is 0 Å². The highest BCUT2D eigenvalue weighted by Gasteiger charge is 2.13. The number of hydrogen-bond donors (Lipinski definition) is 0. The van der Waals surface area contributed by atoms with Gasteiger partial charge >= 0.3 is 0 Å². The zero-order chi connectivity index (χ0) is 16.4. The van der Waals surface area contributed by atoms with Crippen LogP contribution in [0.25, 0.3) is 11.5 Å². The Hall–Kier alpha value is -2.28. The van der Waals surface area contributed by atoms with E-state index >= 15 is 0 Å². The first kappa shape index (κ1) is 15.6. The molecule has 120 valence electrons. The maximum atomic E-state index is 13.2. The SMILES string of the molecule is Cc1nc(C[S@@](=O)Cc2coc(-c3cccc(F)c3)n2)oc1C. The smallest absolute Gasteiger partial charge is 0.226 e. The third-order valence-electron chi connectivity index (χ3n) is 3.29. The van der Waals surface area contributed by atoms with Gasteiger partial charge in [-0.15, -0.1) is 0 Å². The normalized spacial score (nSPS) is 12.5. The van der Waals surface area contributed by atoms with Crippen LogP contribution in [0.4, 0.5) is 4.39 Å². The van der Waals surface area contributed by atoms with Gasteiger partial charge in [0.05, 0.1) is 17.1 Å². The number of halogens is 1. The van der Waals surface area contributed by atoms with Gasteiger partial charge in [0.2, 0.25) is 11.8 Å². The van der Waals surface area contributed by atoms with Gasteiger partial charge in [0, 0.05) is 16.4 Å². The molecule has 0 radical (unpaired) electrons. The molecule has 7 heteroatoms. The largest absolute Gasteiger partial charge is 0.445 e. The second-order valence-corrected chi connectivity index (χ2v) is 6.59. The Bertz CT molecular complexity index is 837. The van der Waals surface area contributed by atoms with Crippen molar-refractivity contribution in [2.45, 2.75) is 25.4 Å². The number of aromatic nitrogens is 2. The maximum absolute atomic E-state index is 13.2. The van der Waals surface area contributed by atoms with Gasteiger partial charge in [0.1, 0.15) is 23.6 Å². The van der Waals surface area contributed by atoms with Gasteiger partial charge in [-0.3, -0.25) is 4.21 Å². The number of aryl methyl sites for hydroxylation is 2. The average Bonchev–Trinajstić information content (AvgIpc) is 3.06. The highest BCUT2D eigenvalue weighted by Crippen LogP contribution is 2.20. The third-order valence-corrected chi connectivity index (χ3v) is 4.48. The topological polar surface area (TPSA) is 69.1 Å². The number of hydrogen-bond acceptors (Lipinski definition) is 5. The molecule has 1 aromatic carbocycles. The monoisotopic (exact) mass is 334 g/mol. The van der Waals surface area contributed by atoms with Crippen LogP contribution >= 0.6 is 0 Å². The summed E-state index contributed by atoms with van der Waals surface area (Å²) in [6.07, 6.45) is 1.43. The summed E-state index contributed by atoms with van der Waals surface area (Å²) in [5.74, 6) is 1.56. The Morgan fingerprint density at radius 2 is 2.04 bits per heavy atom. The van der Waals surface area contributed by atoms with Crippen LogP contribution in [0, 0.1) is 19.7 Å². The Morgan fingerprint density at radius 3 is 2.74 bits per heavy atom. The van der Waals surface area contributed by atoms with Crippen molar-refractivity contribution >= 4 is 10.8 Å². The fourth-order valence-corrected chi connectivity index (χ4v) is 3.05. The minimum atomic E-state index is -1.22. The molecule has 0 bridgehead atoms. The van der Waals surface area contributed by atoms with E-state index in [0.717, 1.165) is 11.5 Å². The summed E-state index contributed by atoms with van der Waals surface area (Å²) in [5, 5.41) is 0. The molecule has 5 nitrogen and oxygen atoms in total. The van der Waals surface area contributed by atoms with E-state index < -0.39 is 10.8 Å². The van der Waals surface area contributed by atoms with Gasteiger partial charge < -0.3 is 8.83 Å². The van der Waals surface area contributed by atoms with Gasteiger partial charge in [-0.05, 0) is 32.0 Å². The van der Waals surface area contributed by atoms with Crippen LogP contribution in [-0.4, -0.2) is 14.2 Å². The number of oxazole rings is 2. The Morgan fingerprint density at radius 1 is 1.22 bits per heavy atom. The molecule has 0 saturated heterocycles. The van der Waals surface area contributed by atoms with Crippen LogP contribution in [0.1, 0.15) is 23.0 Å². The highest BCUT2D eigenvalue weighted by atomic mass is 32.2. The molecule has 0 aliphatic heterocycles. The average molecular weight is 334 g/mol. The molecule has 0 aliphatic rings. The van der Waals surface area contributed by atoms with Gasteiger partial charge in [0.15, 0.2) is 0 Å². The molecule has 2 heterocycles. The number of nitrogens with zero attached hydrogens (tertiary/aromatic N) is 2. The summed E-state index contributed by atoms with van der Waals surface area (Å²) in [5.41, 5.74) is 1.88. The maximum Gasteiger partial charge on any atom is 0.226 e. The minimum Gasteiger partial charge on any atom is -0.445 e. The highest BCUT2D eigenvalue weighted by molar-refractivity contribution is 7.83. The van der Waals surface area contributed by atoms with Crippen molar-refractivity contribution in [3.63, 3.8) is 0 Å². The molecule has 0 N–H and O–H groups in total. The van der Waals surface area contributed by atoms with Crippen LogP contribution < -0.4 is 0 Å². The molecule has 0 saturated carbocycles. The van der Waals surface area contributed by atoms with Crippen LogP contribution in [0.3, 0.4) is 0 Å². The van der Waals surface area contributed by atoms with E-state index in [1.54, 1.807) is 12.1 Å². The van der Waals surface area contributed by atoms with Crippen molar-refractivity contribution in [3.05, 3.63) is 59.4 Å². The van der Waals surface area contributed by atoms with Gasteiger partial charge in [-0.25, -0.2) is 14.4 Å². The van der Waals surface area contributed by atoms with Gasteiger partial charge in [-0.2, -0.15) is 0 Å². The zero-order valence-corrected chi connectivity index (χ0v) is 13.5. The molecule has 2 aromatic heterocycles. The summed E-state index contributed by atoms with van der Waals surface area (Å²) in [4.78, 5) is 8.46. The molecule has 0 fully saturated rings. The van der Waals surface area contributed by atoms with E-state index in [1.807, 2.05) is 13.8 Å². The van der Waals surface area contributed by atoms with E-state index in [-0.39, 0.29) is 17.3 Å². The summed E-state index contributed by atoms with van der Waals surface area (Å²) in [6, 6.07) is 5.97. The first-order valence-electron chi connectivity index (χ1n) is 6.99. The molecule has 3 rings (SSSR count). The fourth-order valence-electron chi connectivity index (χ4n) is 2.08. The summed E-state index contributed by atoms with van der Waals surface area (Å²) in [7, 11) is -1.22. The lowest BCUT2D eigenvalue weighted by Crippen LogP contribution is -2.00. The predicted octanol–water partition coefficient (Wildman–Crippen LogP) is 3.53. The Kier molecular flexibility index (Phi) is 4.38. The fraction of sp³-hybridized carbons (Fsp3) is 0.250. The Labute approximate surface area is 135 Å². The van der Waals surface area contributed by atoms with Crippen LogP contribution in [0.5, 0.6) is 0 Å². The summed E-state index contributed by atoms with van der Waals surface area (Å²) in [6.45, 7) is 3.66. The molecule has 0 spiro atoms. The lowest BCUT2D eigenvalue weighted by atomic mass is 10.2. The van der Waals surface area contributed by atoms with E-state index in [1.165, 1.54) is 18.4 Å². The van der Waals surface area contributed by atoms with Gasteiger partial charge in [0.25, 0.3) is 0 Å². The van der Waals surface area contributed by atoms with E-state index in [4.69, 9.17) is 8.83 Å². The second-order valence-electron chi connectivity index (χ2n) is 5.13. The first-order chi connectivity index (χ1) is 11.0. The minimum absolute atomic E-state index is 0.219. The molecule has 0 unspecified atom stereocenters. The van der Waals surface area contributed by atoms with Crippen LogP contribution in [0.15, 0.2) is 39.4 Å². The van der Waals surface area contributed by atoms with E-state index in [9.17, 15) is 8.60 Å². The van der Waals surface area contributed by atoms with Crippen molar-refractivity contribution in [2.75, 3.05) is 0 Å². The van der Waals surface area contributed by atoms with E-state index in [2.05, 4.69) is 9.97 Å². The van der Waals surface area contributed by atoms with Crippen molar-refractivity contribution < 1.29 is 17.4 Å².